The standard InChI is InChI=1S/C23H32O4/c1-15-8-18-9-16(2)13-23(12-15,14-18)21(24)7-6-17-10-19(25-3)22(27-5)20(11-17)26-4/h6-7,10-11,15-16,18H,8-9,12-14H2,1-5H3/b7-6+. The van der Waals surface area contributed by atoms with Crippen molar-refractivity contribution in [2.24, 2.45) is 23.2 Å². The lowest BCUT2D eigenvalue weighted by Crippen LogP contribution is -2.43. The van der Waals surface area contributed by atoms with Crippen molar-refractivity contribution >= 4 is 11.9 Å². The maximum atomic E-state index is 13.3. The molecular weight excluding hydrogens is 340 g/mol. The number of ketones is 1. The largest absolute Gasteiger partial charge is 0.493 e. The van der Waals surface area contributed by atoms with E-state index in [4.69, 9.17) is 14.2 Å². The summed E-state index contributed by atoms with van der Waals surface area (Å²) in [5.74, 6) is 4.01. The van der Waals surface area contributed by atoms with Gasteiger partial charge in [-0.15, -0.1) is 0 Å². The Morgan fingerprint density at radius 2 is 1.52 bits per heavy atom. The fourth-order valence-electron chi connectivity index (χ4n) is 5.55. The van der Waals surface area contributed by atoms with Gasteiger partial charge in [-0.25, -0.2) is 0 Å². The topological polar surface area (TPSA) is 44.8 Å². The quantitative estimate of drug-likeness (QED) is 0.648. The van der Waals surface area contributed by atoms with Gasteiger partial charge in [-0.2, -0.15) is 0 Å². The third-order valence-corrected chi connectivity index (χ3v) is 6.27. The zero-order valence-corrected chi connectivity index (χ0v) is 17.2. The lowest BCUT2D eigenvalue weighted by atomic mass is 9.55. The van der Waals surface area contributed by atoms with Crippen LogP contribution in [0, 0.1) is 23.2 Å². The molecule has 2 atom stereocenters. The lowest BCUT2D eigenvalue weighted by Gasteiger charge is -2.48. The van der Waals surface area contributed by atoms with Crippen LogP contribution in [-0.2, 0) is 4.79 Å². The van der Waals surface area contributed by atoms with E-state index in [1.807, 2.05) is 18.2 Å². The molecule has 2 saturated carbocycles. The van der Waals surface area contributed by atoms with Crippen LogP contribution in [0.3, 0.4) is 0 Å². The molecule has 148 valence electrons. The van der Waals surface area contributed by atoms with E-state index in [2.05, 4.69) is 13.8 Å². The molecule has 2 unspecified atom stereocenters. The first-order chi connectivity index (χ1) is 12.9. The predicted octanol–water partition coefficient (Wildman–Crippen LogP) is 5.15. The number of allylic oxidation sites excluding steroid dienone is 1. The SMILES string of the molecule is COc1cc(/C=C/C(=O)C23CC(C)CC(CC(C)C2)C3)cc(OC)c1OC. The highest BCUT2D eigenvalue weighted by molar-refractivity contribution is 5.98. The zero-order valence-electron chi connectivity index (χ0n) is 17.2. The maximum Gasteiger partial charge on any atom is 0.203 e. The summed E-state index contributed by atoms with van der Waals surface area (Å²) in [6, 6.07) is 3.75. The van der Waals surface area contributed by atoms with Gasteiger partial charge < -0.3 is 14.2 Å². The Hall–Kier alpha value is -1.97. The third kappa shape index (κ3) is 3.99. The summed E-state index contributed by atoms with van der Waals surface area (Å²) in [5, 5.41) is 0. The van der Waals surface area contributed by atoms with Gasteiger partial charge in [0.15, 0.2) is 17.3 Å². The zero-order chi connectivity index (χ0) is 19.6. The van der Waals surface area contributed by atoms with Crippen LogP contribution in [-0.4, -0.2) is 27.1 Å². The van der Waals surface area contributed by atoms with Gasteiger partial charge in [-0.05, 0) is 73.6 Å². The highest BCUT2D eigenvalue weighted by Crippen LogP contribution is 2.53. The van der Waals surface area contributed by atoms with E-state index >= 15 is 0 Å². The molecular formula is C23H32O4. The number of benzene rings is 1. The Balaban J connectivity index is 1.86. The second kappa shape index (κ2) is 7.95. The minimum atomic E-state index is -0.170. The van der Waals surface area contributed by atoms with Gasteiger partial charge in [0, 0.05) is 5.41 Å². The van der Waals surface area contributed by atoms with Crippen LogP contribution in [0.25, 0.3) is 6.08 Å². The average molecular weight is 373 g/mol. The van der Waals surface area contributed by atoms with E-state index in [1.54, 1.807) is 27.4 Å². The third-order valence-electron chi connectivity index (χ3n) is 6.27. The highest BCUT2D eigenvalue weighted by Gasteiger charge is 2.47. The van der Waals surface area contributed by atoms with E-state index in [9.17, 15) is 4.79 Å². The van der Waals surface area contributed by atoms with Gasteiger partial charge in [0.2, 0.25) is 5.75 Å². The molecule has 1 aromatic carbocycles. The monoisotopic (exact) mass is 372 g/mol. The average Bonchev–Trinajstić information content (AvgIpc) is 2.63. The molecule has 0 heterocycles. The molecule has 2 fully saturated rings. The van der Waals surface area contributed by atoms with Crippen LogP contribution in [0.2, 0.25) is 0 Å². The molecule has 0 aromatic heterocycles. The van der Waals surface area contributed by atoms with Gasteiger partial charge in [-0.3, -0.25) is 4.79 Å². The first kappa shape index (κ1) is 19.8. The second-order valence-corrected chi connectivity index (χ2v) is 8.60. The molecule has 4 heteroatoms. The number of hydrogen-bond acceptors (Lipinski definition) is 4. The normalized spacial score (nSPS) is 30.2. The van der Waals surface area contributed by atoms with Gasteiger partial charge in [0.25, 0.3) is 0 Å². The molecule has 2 bridgehead atoms. The molecule has 0 aliphatic heterocycles. The molecule has 0 amide bonds. The van der Waals surface area contributed by atoms with E-state index < -0.39 is 0 Å². The van der Waals surface area contributed by atoms with Crippen molar-refractivity contribution in [2.75, 3.05) is 21.3 Å². The Bertz CT molecular complexity index is 677. The van der Waals surface area contributed by atoms with Crippen LogP contribution in [0.5, 0.6) is 17.2 Å². The van der Waals surface area contributed by atoms with E-state index in [0.29, 0.717) is 35.0 Å². The predicted molar refractivity (Wildman–Crippen MR) is 107 cm³/mol. The number of methoxy groups -OCH3 is 3. The minimum Gasteiger partial charge on any atom is -0.493 e. The number of hydrogen-bond donors (Lipinski definition) is 0. The van der Waals surface area contributed by atoms with E-state index in [-0.39, 0.29) is 11.2 Å². The van der Waals surface area contributed by atoms with Gasteiger partial charge in [0.05, 0.1) is 21.3 Å². The fraction of sp³-hybridized carbons (Fsp3) is 0.609. The number of ether oxygens (including phenoxy) is 3. The van der Waals surface area contributed by atoms with Crippen LogP contribution in [0.15, 0.2) is 18.2 Å². The van der Waals surface area contributed by atoms with Crippen LogP contribution < -0.4 is 14.2 Å². The van der Waals surface area contributed by atoms with Crippen molar-refractivity contribution in [1.29, 1.82) is 0 Å². The molecule has 2 aliphatic rings. The lowest BCUT2D eigenvalue weighted by molar-refractivity contribution is -0.131. The first-order valence-electron chi connectivity index (χ1n) is 9.93. The second-order valence-electron chi connectivity index (χ2n) is 8.60. The summed E-state index contributed by atoms with van der Waals surface area (Å²) in [6.07, 6.45) is 9.30. The maximum absolute atomic E-state index is 13.3. The Morgan fingerprint density at radius 3 is 2.00 bits per heavy atom. The molecule has 3 rings (SSSR count). The molecule has 0 radical (unpaired) electrons. The summed E-state index contributed by atoms with van der Waals surface area (Å²) in [4.78, 5) is 13.3. The minimum absolute atomic E-state index is 0.170. The number of carbonyl (C=O) groups excluding carboxylic acids is 1. The Labute approximate surface area is 162 Å². The summed E-state index contributed by atoms with van der Waals surface area (Å²) < 4.78 is 16.2. The number of fused-ring (bicyclic) bond motifs is 2. The summed E-state index contributed by atoms with van der Waals surface area (Å²) in [6.45, 7) is 4.60. The van der Waals surface area contributed by atoms with Gasteiger partial charge in [-0.1, -0.05) is 19.9 Å². The number of rotatable bonds is 6. The summed E-state index contributed by atoms with van der Waals surface area (Å²) in [5.41, 5.74) is 0.704. The van der Waals surface area contributed by atoms with Crippen molar-refractivity contribution in [3.8, 4) is 17.2 Å². The van der Waals surface area contributed by atoms with Crippen molar-refractivity contribution in [1.82, 2.24) is 0 Å². The van der Waals surface area contributed by atoms with Crippen molar-refractivity contribution in [2.45, 2.75) is 46.0 Å². The van der Waals surface area contributed by atoms with E-state index in [0.717, 1.165) is 24.8 Å². The summed E-state index contributed by atoms with van der Waals surface area (Å²) >= 11 is 0. The van der Waals surface area contributed by atoms with Gasteiger partial charge in [0.1, 0.15) is 0 Å². The number of carbonyl (C=O) groups is 1. The van der Waals surface area contributed by atoms with Crippen LogP contribution in [0.4, 0.5) is 0 Å². The van der Waals surface area contributed by atoms with Crippen molar-refractivity contribution in [3.63, 3.8) is 0 Å². The molecule has 2 aliphatic carbocycles. The highest BCUT2D eigenvalue weighted by atomic mass is 16.5. The first-order valence-corrected chi connectivity index (χ1v) is 9.93. The Kier molecular flexibility index (Phi) is 5.83. The molecule has 0 N–H and O–H groups in total. The fourth-order valence-corrected chi connectivity index (χ4v) is 5.55. The van der Waals surface area contributed by atoms with Crippen LogP contribution in [0.1, 0.15) is 51.5 Å². The van der Waals surface area contributed by atoms with Crippen molar-refractivity contribution < 1.29 is 19.0 Å². The smallest absolute Gasteiger partial charge is 0.203 e. The molecule has 4 nitrogen and oxygen atoms in total. The Morgan fingerprint density at radius 1 is 0.963 bits per heavy atom. The molecule has 0 saturated heterocycles. The van der Waals surface area contributed by atoms with Crippen LogP contribution >= 0.6 is 0 Å². The van der Waals surface area contributed by atoms with Gasteiger partial charge >= 0.3 is 0 Å². The summed E-state index contributed by atoms with van der Waals surface area (Å²) in [7, 11) is 4.78. The molecule has 1 aromatic rings. The molecule has 27 heavy (non-hydrogen) atoms. The molecule has 0 spiro atoms. The van der Waals surface area contributed by atoms with E-state index in [1.165, 1.54) is 12.8 Å². The van der Waals surface area contributed by atoms with Crippen molar-refractivity contribution in [3.05, 3.63) is 23.8 Å².